The maximum atomic E-state index is 12.9. The minimum atomic E-state index is -0.502. The Balaban J connectivity index is 1.57. The van der Waals surface area contributed by atoms with Crippen LogP contribution in [0.4, 0.5) is 4.79 Å². The summed E-state index contributed by atoms with van der Waals surface area (Å²) in [5.74, 6) is -0.233. The molecule has 0 saturated carbocycles. The first-order valence-electron chi connectivity index (χ1n) is 10.0. The van der Waals surface area contributed by atoms with Gasteiger partial charge >= 0.3 is 5.97 Å². The molecule has 3 aromatic rings. The second kappa shape index (κ2) is 10.7. The topological polar surface area (TPSA) is 72.9 Å². The Morgan fingerprint density at radius 1 is 1.09 bits per heavy atom. The zero-order valence-corrected chi connectivity index (χ0v) is 22.3. The molecule has 3 aromatic carbocycles. The van der Waals surface area contributed by atoms with Crippen LogP contribution in [0.5, 0.6) is 11.5 Å². The number of hydrogen-bond donors (Lipinski definition) is 0. The first-order valence-corrected chi connectivity index (χ1v) is 12.7. The zero-order chi connectivity index (χ0) is 24.2. The monoisotopic (exact) mass is 649 g/mol. The van der Waals surface area contributed by atoms with Crippen LogP contribution >= 0.6 is 50.3 Å². The van der Waals surface area contributed by atoms with E-state index >= 15 is 0 Å². The third-order valence-electron chi connectivity index (χ3n) is 4.91. The summed E-state index contributed by atoms with van der Waals surface area (Å²) in [4.78, 5) is 39.5. The number of nitrogens with zero attached hydrogens (tertiary/aromatic N) is 1. The summed E-state index contributed by atoms with van der Waals surface area (Å²) >= 11 is 6.39. The number of esters is 1. The first kappa shape index (κ1) is 24.5. The fourth-order valence-corrected chi connectivity index (χ4v) is 5.22. The van der Waals surface area contributed by atoms with Gasteiger partial charge in [-0.05, 0) is 81.9 Å². The summed E-state index contributed by atoms with van der Waals surface area (Å²) in [7, 11) is 1.47. The number of amides is 2. The number of benzene rings is 3. The third kappa shape index (κ3) is 5.37. The van der Waals surface area contributed by atoms with Crippen molar-refractivity contribution >= 4 is 73.5 Å². The Hall–Kier alpha value is -2.63. The van der Waals surface area contributed by atoms with E-state index in [1.165, 1.54) is 12.0 Å². The molecule has 0 aromatic heterocycles. The van der Waals surface area contributed by atoms with Crippen molar-refractivity contribution < 1.29 is 23.9 Å². The van der Waals surface area contributed by atoms with Gasteiger partial charge in [0.05, 0.1) is 27.7 Å². The molecule has 1 fully saturated rings. The lowest BCUT2D eigenvalue weighted by atomic mass is 10.1. The summed E-state index contributed by atoms with van der Waals surface area (Å²) in [6, 6.07) is 19.5. The molecule has 0 atom stereocenters. The summed E-state index contributed by atoms with van der Waals surface area (Å²) in [5.41, 5.74) is 1.90. The standard InChI is InChI=1S/C25H17BrINO5S/c1-32-20-12-15(11-19(27)22(20)33-24(30)16-7-3-2-4-8-16)13-21-23(29)28(25(31)34-21)14-17-9-5-6-10-18(17)26/h2-13H,14H2,1H3/b21-13-. The number of carbonyl (C=O) groups excluding carboxylic acids is 3. The van der Waals surface area contributed by atoms with Gasteiger partial charge in [0.15, 0.2) is 11.5 Å². The van der Waals surface area contributed by atoms with E-state index in [0.717, 1.165) is 21.8 Å². The fourth-order valence-electron chi connectivity index (χ4n) is 3.23. The van der Waals surface area contributed by atoms with Gasteiger partial charge in [-0.25, -0.2) is 4.79 Å². The molecule has 0 unspecified atom stereocenters. The van der Waals surface area contributed by atoms with Crippen molar-refractivity contribution in [2.75, 3.05) is 7.11 Å². The number of rotatable bonds is 6. The van der Waals surface area contributed by atoms with Crippen LogP contribution in [-0.2, 0) is 11.3 Å². The average Bonchev–Trinajstić information content (AvgIpc) is 3.09. The van der Waals surface area contributed by atoms with E-state index in [2.05, 4.69) is 15.9 Å². The lowest BCUT2D eigenvalue weighted by Gasteiger charge is -2.14. The average molecular weight is 650 g/mol. The van der Waals surface area contributed by atoms with Crippen molar-refractivity contribution in [3.05, 3.63) is 96.4 Å². The van der Waals surface area contributed by atoms with Crippen LogP contribution in [-0.4, -0.2) is 29.1 Å². The quantitative estimate of drug-likeness (QED) is 0.131. The lowest BCUT2D eigenvalue weighted by Crippen LogP contribution is -2.27. The molecule has 0 radical (unpaired) electrons. The smallest absolute Gasteiger partial charge is 0.343 e. The van der Waals surface area contributed by atoms with E-state index in [1.807, 2.05) is 52.9 Å². The van der Waals surface area contributed by atoms with E-state index in [0.29, 0.717) is 25.4 Å². The van der Waals surface area contributed by atoms with Gasteiger partial charge in [0.1, 0.15) is 0 Å². The van der Waals surface area contributed by atoms with Gasteiger partial charge in [-0.2, -0.15) is 0 Å². The van der Waals surface area contributed by atoms with Crippen molar-refractivity contribution in [1.29, 1.82) is 0 Å². The highest BCUT2D eigenvalue weighted by Crippen LogP contribution is 2.38. The van der Waals surface area contributed by atoms with Crippen LogP contribution in [0.1, 0.15) is 21.5 Å². The molecule has 1 aliphatic heterocycles. The van der Waals surface area contributed by atoms with Gasteiger partial charge in [-0.15, -0.1) is 0 Å². The maximum absolute atomic E-state index is 12.9. The highest BCUT2D eigenvalue weighted by atomic mass is 127. The lowest BCUT2D eigenvalue weighted by molar-refractivity contribution is -0.123. The van der Waals surface area contributed by atoms with E-state index in [9.17, 15) is 14.4 Å². The van der Waals surface area contributed by atoms with E-state index in [4.69, 9.17) is 9.47 Å². The molecule has 1 aliphatic rings. The third-order valence-corrected chi connectivity index (χ3v) is 7.40. The van der Waals surface area contributed by atoms with Crippen LogP contribution in [0.3, 0.4) is 0 Å². The minimum Gasteiger partial charge on any atom is -0.493 e. The van der Waals surface area contributed by atoms with Crippen LogP contribution in [0.25, 0.3) is 6.08 Å². The van der Waals surface area contributed by atoms with Crippen LogP contribution in [0.2, 0.25) is 0 Å². The van der Waals surface area contributed by atoms with Crippen molar-refractivity contribution in [2.24, 2.45) is 0 Å². The maximum Gasteiger partial charge on any atom is 0.343 e. The number of carbonyl (C=O) groups is 3. The van der Waals surface area contributed by atoms with Gasteiger partial charge in [0.2, 0.25) is 0 Å². The molecule has 0 N–H and O–H groups in total. The molecule has 9 heteroatoms. The molecule has 0 bridgehead atoms. The van der Waals surface area contributed by atoms with Gasteiger partial charge in [0.25, 0.3) is 11.1 Å². The molecule has 6 nitrogen and oxygen atoms in total. The molecule has 0 spiro atoms. The van der Waals surface area contributed by atoms with Crippen molar-refractivity contribution in [3.63, 3.8) is 0 Å². The van der Waals surface area contributed by atoms with Crippen molar-refractivity contribution in [2.45, 2.75) is 6.54 Å². The molecular weight excluding hydrogens is 633 g/mol. The number of methoxy groups -OCH3 is 1. The summed E-state index contributed by atoms with van der Waals surface area (Å²) in [6.45, 7) is 0.179. The summed E-state index contributed by atoms with van der Waals surface area (Å²) < 4.78 is 12.5. The molecule has 0 aliphatic carbocycles. The van der Waals surface area contributed by atoms with Gasteiger partial charge in [-0.3, -0.25) is 14.5 Å². The zero-order valence-electron chi connectivity index (χ0n) is 17.8. The Morgan fingerprint density at radius 2 is 1.79 bits per heavy atom. The molecule has 172 valence electrons. The first-order chi connectivity index (χ1) is 16.4. The summed E-state index contributed by atoms with van der Waals surface area (Å²) in [5, 5.41) is -0.331. The predicted octanol–water partition coefficient (Wildman–Crippen LogP) is 6.52. The second-order valence-corrected chi connectivity index (χ2v) is 10.2. The van der Waals surface area contributed by atoms with Crippen LogP contribution < -0.4 is 9.47 Å². The second-order valence-electron chi connectivity index (χ2n) is 7.15. The molecule has 1 heterocycles. The predicted molar refractivity (Wildman–Crippen MR) is 143 cm³/mol. The number of ether oxygens (including phenoxy) is 2. The minimum absolute atomic E-state index is 0.179. The fraction of sp³-hybridized carbons (Fsp3) is 0.0800. The van der Waals surface area contributed by atoms with Gasteiger partial charge in [0, 0.05) is 4.47 Å². The molecule has 1 saturated heterocycles. The molecule has 34 heavy (non-hydrogen) atoms. The number of hydrogen-bond acceptors (Lipinski definition) is 6. The molecule has 4 rings (SSSR count). The summed E-state index contributed by atoms with van der Waals surface area (Å²) in [6.07, 6.45) is 1.64. The van der Waals surface area contributed by atoms with Crippen LogP contribution in [0.15, 0.2) is 76.1 Å². The highest BCUT2D eigenvalue weighted by molar-refractivity contribution is 14.1. The van der Waals surface area contributed by atoms with Crippen LogP contribution in [0, 0.1) is 3.57 Å². The Morgan fingerprint density at radius 3 is 2.50 bits per heavy atom. The molecular formula is C25H17BrINO5S. The van der Waals surface area contributed by atoms with E-state index in [1.54, 1.807) is 42.5 Å². The van der Waals surface area contributed by atoms with E-state index in [-0.39, 0.29) is 23.4 Å². The van der Waals surface area contributed by atoms with Gasteiger partial charge in [-0.1, -0.05) is 52.3 Å². The van der Waals surface area contributed by atoms with Crippen molar-refractivity contribution in [3.8, 4) is 11.5 Å². The number of imide groups is 1. The largest absolute Gasteiger partial charge is 0.493 e. The SMILES string of the molecule is COc1cc(/C=C2\SC(=O)N(Cc3ccccc3Br)C2=O)cc(I)c1OC(=O)c1ccccc1. The number of thioether (sulfide) groups is 1. The Bertz CT molecular complexity index is 1310. The molecule has 2 amide bonds. The van der Waals surface area contributed by atoms with Gasteiger partial charge < -0.3 is 9.47 Å². The van der Waals surface area contributed by atoms with Crippen molar-refractivity contribution in [1.82, 2.24) is 4.90 Å². The Labute approximate surface area is 222 Å². The highest BCUT2D eigenvalue weighted by Gasteiger charge is 2.35. The normalized spacial score (nSPS) is 14.6. The number of halogens is 2. The Kier molecular flexibility index (Phi) is 7.74. The van der Waals surface area contributed by atoms with E-state index < -0.39 is 5.97 Å².